The van der Waals surface area contributed by atoms with Crippen LogP contribution in [0.5, 0.6) is 5.75 Å². The second kappa shape index (κ2) is 7.38. The fourth-order valence-electron chi connectivity index (χ4n) is 3.25. The fraction of sp³-hybridized carbons (Fsp3) is 0.0455. The number of ketones is 1. The highest BCUT2D eigenvalue weighted by atomic mass is 32.2. The van der Waals surface area contributed by atoms with E-state index in [2.05, 4.69) is 0 Å². The van der Waals surface area contributed by atoms with Crippen LogP contribution in [0.25, 0.3) is 10.9 Å². The molecule has 0 saturated carbocycles. The van der Waals surface area contributed by atoms with Gasteiger partial charge in [0, 0.05) is 5.39 Å². The van der Waals surface area contributed by atoms with Gasteiger partial charge in [0.15, 0.2) is 0 Å². The highest BCUT2D eigenvalue weighted by Gasteiger charge is 2.29. The molecule has 3 aromatic carbocycles. The van der Waals surface area contributed by atoms with Crippen molar-refractivity contribution in [3.05, 3.63) is 95.7 Å². The summed E-state index contributed by atoms with van der Waals surface area (Å²) in [6.07, 6.45) is 0. The van der Waals surface area contributed by atoms with Crippen LogP contribution in [0, 0.1) is 11.6 Å². The van der Waals surface area contributed by atoms with Crippen molar-refractivity contribution in [3.8, 4) is 5.75 Å². The number of rotatable bonds is 5. The zero-order chi connectivity index (χ0) is 21.5. The van der Waals surface area contributed by atoms with Crippen LogP contribution in [-0.4, -0.2) is 25.3 Å². The summed E-state index contributed by atoms with van der Waals surface area (Å²) < 4.78 is 61.3. The lowest BCUT2D eigenvalue weighted by molar-refractivity contribution is 0.102. The van der Waals surface area contributed by atoms with Crippen molar-refractivity contribution in [1.29, 1.82) is 0 Å². The maximum atomic E-state index is 14.3. The third-order valence-electron chi connectivity index (χ3n) is 4.67. The molecule has 8 heteroatoms. The molecular weight excluding hydrogens is 412 g/mol. The van der Waals surface area contributed by atoms with Crippen LogP contribution in [0.4, 0.5) is 8.78 Å². The minimum atomic E-state index is -4.24. The van der Waals surface area contributed by atoms with Gasteiger partial charge in [-0.05, 0) is 48.5 Å². The van der Waals surface area contributed by atoms with E-state index in [0.29, 0.717) is 11.1 Å². The molecule has 0 N–H and O–H groups in total. The van der Waals surface area contributed by atoms with E-state index in [1.165, 1.54) is 37.4 Å². The molecule has 5 nitrogen and oxygen atoms in total. The number of hydrogen-bond acceptors (Lipinski definition) is 4. The first-order valence-electron chi connectivity index (χ1n) is 8.83. The maximum Gasteiger partial charge on any atom is 0.268 e. The third-order valence-corrected chi connectivity index (χ3v) is 6.41. The first-order valence-corrected chi connectivity index (χ1v) is 10.3. The minimum absolute atomic E-state index is 0.0682. The Kier molecular flexibility index (Phi) is 4.87. The molecule has 4 rings (SSSR count). The fourth-order valence-corrected chi connectivity index (χ4v) is 4.78. The van der Waals surface area contributed by atoms with Gasteiger partial charge in [-0.25, -0.2) is 21.2 Å². The van der Waals surface area contributed by atoms with Crippen LogP contribution in [0.3, 0.4) is 0 Å². The molecular formula is C22H15F2NO4S. The van der Waals surface area contributed by atoms with Crippen LogP contribution in [0.15, 0.2) is 77.7 Å². The van der Waals surface area contributed by atoms with Crippen molar-refractivity contribution in [2.45, 2.75) is 4.90 Å². The number of fused-ring (bicyclic) bond motifs is 1. The molecule has 0 unspecified atom stereocenters. The zero-order valence-electron chi connectivity index (χ0n) is 15.7. The Bertz CT molecular complexity index is 1360. The van der Waals surface area contributed by atoms with Crippen LogP contribution in [-0.2, 0) is 10.0 Å². The van der Waals surface area contributed by atoms with E-state index >= 15 is 0 Å². The van der Waals surface area contributed by atoms with Crippen LogP contribution < -0.4 is 4.74 Å². The number of halogens is 2. The molecule has 152 valence electrons. The van der Waals surface area contributed by atoms with E-state index in [-0.39, 0.29) is 16.1 Å². The number of nitrogens with zero attached hydrogens (tertiary/aromatic N) is 1. The molecule has 1 heterocycles. The summed E-state index contributed by atoms with van der Waals surface area (Å²) in [4.78, 5) is 13.0. The van der Waals surface area contributed by atoms with Gasteiger partial charge in [-0.15, -0.1) is 0 Å². The summed E-state index contributed by atoms with van der Waals surface area (Å²) in [5.74, 6) is -2.80. The number of carbonyl (C=O) groups is 1. The normalized spacial score (nSPS) is 11.6. The molecule has 0 aliphatic rings. The lowest BCUT2D eigenvalue weighted by Crippen LogP contribution is -2.20. The van der Waals surface area contributed by atoms with Crippen molar-refractivity contribution >= 4 is 26.7 Å². The van der Waals surface area contributed by atoms with Gasteiger partial charge >= 0.3 is 0 Å². The molecule has 0 aliphatic heterocycles. The van der Waals surface area contributed by atoms with Crippen molar-refractivity contribution in [2.75, 3.05) is 7.11 Å². The highest BCUT2D eigenvalue weighted by molar-refractivity contribution is 7.90. The van der Waals surface area contributed by atoms with Crippen LogP contribution in [0.1, 0.15) is 16.1 Å². The Hall–Kier alpha value is -3.52. The second-order valence-corrected chi connectivity index (χ2v) is 8.25. The molecule has 0 atom stereocenters. The average molecular weight is 427 g/mol. The predicted octanol–water partition coefficient (Wildman–Crippen LogP) is 4.40. The number of hydrogen-bond donors (Lipinski definition) is 0. The molecule has 0 fully saturated rings. The number of benzene rings is 3. The largest absolute Gasteiger partial charge is 0.497 e. The van der Waals surface area contributed by atoms with Gasteiger partial charge in [0.1, 0.15) is 23.1 Å². The molecule has 0 saturated heterocycles. The van der Waals surface area contributed by atoms with Crippen molar-refractivity contribution in [1.82, 2.24) is 3.97 Å². The van der Waals surface area contributed by atoms with E-state index in [4.69, 9.17) is 4.74 Å². The average Bonchev–Trinajstić information content (AvgIpc) is 3.13. The van der Waals surface area contributed by atoms with Gasteiger partial charge in [-0.2, -0.15) is 0 Å². The molecule has 1 aromatic heterocycles. The topological polar surface area (TPSA) is 65.4 Å². The van der Waals surface area contributed by atoms with Gasteiger partial charge in [-0.1, -0.05) is 24.3 Å². The van der Waals surface area contributed by atoms with Gasteiger partial charge in [-0.3, -0.25) is 4.79 Å². The van der Waals surface area contributed by atoms with Crippen LogP contribution in [0.2, 0.25) is 0 Å². The van der Waals surface area contributed by atoms with Gasteiger partial charge in [0.25, 0.3) is 10.0 Å². The molecule has 0 amide bonds. The Balaban J connectivity index is 2.05. The maximum absolute atomic E-state index is 14.3. The van der Waals surface area contributed by atoms with Crippen LogP contribution >= 0.6 is 0 Å². The standard InChI is InChI=1S/C22H15F2NO4S/c1-29-15-10-11-19-14(12-15)13-20(22(26)21-17(23)8-5-9-18(21)24)25(19)30(27,28)16-6-3-2-4-7-16/h2-13H,1H3. The Morgan fingerprint density at radius 1 is 0.900 bits per heavy atom. The summed E-state index contributed by atoms with van der Waals surface area (Å²) in [5, 5.41) is 0.369. The summed E-state index contributed by atoms with van der Waals surface area (Å²) in [6, 6.07) is 16.3. The molecule has 4 aromatic rings. The Morgan fingerprint density at radius 3 is 2.20 bits per heavy atom. The number of methoxy groups -OCH3 is 1. The zero-order valence-corrected chi connectivity index (χ0v) is 16.5. The number of carbonyl (C=O) groups excluding carboxylic acids is 1. The molecule has 0 spiro atoms. The number of ether oxygens (including phenoxy) is 1. The first kappa shape index (κ1) is 19.8. The Labute approximate surface area is 171 Å². The first-order chi connectivity index (χ1) is 14.3. The Morgan fingerprint density at radius 2 is 1.57 bits per heavy atom. The minimum Gasteiger partial charge on any atom is -0.497 e. The molecule has 30 heavy (non-hydrogen) atoms. The summed E-state index contributed by atoms with van der Waals surface area (Å²) >= 11 is 0. The van der Waals surface area contributed by atoms with E-state index in [9.17, 15) is 22.0 Å². The van der Waals surface area contributed by atoms with Gasteiger partial charge < -0.3 is 4.74 Å². The molecule has 0 bridgehead atoms. The summed E-state index contributed by atoms with van der Waals surface area (Å²) in [6.45, 7) is 0. The monoisotopic (exact) mass is 427 g/mol. The van der Waals surface area contributed by atoms with Gasteiger partial charge in [0.05, 0.1) is 23.1 Å². The van der Waals surface area contributed by atoms with Crippen molar-refractivity contribution in [3.63, 3.8) is 0 Å². The lowest BCUT2D eigenvalue weighted by atomic mass is 10.1. The van der Waals surface area contributed by atoms with E-state index < -0.39 is 33.0 Å². The third kappa shape index (κ3) is 3.15. The highest BCUT2D eigenvalue weighted by Crippen LogP contribution is 2.30. The summed E-state index contributed by atoms with van der Waals surface area (Å²) in [5.41, 5.74) is -1.03. The van der Waals surface area contributed by atoms with E-state index in [1.807, 2.05) is 0 Å². The smallest absolute Gasteiger partial charge is 0.268 e. The van der Waals surface area contributed by atoms with Crippen molar-refractivity contribution < 1.29 is 26.7 Å². The summed E-state index contributed by atoms with van der Waals surface area (Å²) in [7, 11) is -2.80. The lowest BCUT2D eigenvalue weighted by Gasteiger charge is -2.12. The molecule has 0 radical (unpaired) electrons. The second-order valence-electron chi connectivity index (χ2n) is 6.46. The van der Waals surface area contributed by atoms with Gasteiger partial charge in [0.2, 0.25) is 5.78 Å². The van der Waals surface area contributed by atoms with Crippen molar-refractivity contribution in [2.24, 2.45) is 0 Å². The number of aromatic nitrogens is 1. The van der Waals surface area contributed by atoms with E-state index in [0.717, 1.165) is 22.2 Å². The molecule has 0 aliphatic carbocycles. The quantitative estimate of drug-likeness (QED) is 0.443. The predicted molar refractivity (Wildman–Crippen MR) is 107 cm³/mol. The SMILES string of the molecule is COc1ccc2c(c1)cc(C(=O)c1c(F)cccc1F)n2S(=O)(=O)c1ccccc1. The van der Waals surface area contributed by atoms with E-state index in [1.54, 1.807) is 24.3 Å².